The number of rotatable bonds is 2. The highest BCUT2D eigenvalue weighted by atomic mass is 32.2. The normalized spacial score (nSPS) is 14.9. The molecule has 0 fully saturated rings. The highest BCUT2D eigenvalue weighted by Gasteiger charge is 2.10. The molecule has 0 N–H and O–H groups in total. The number of allylic oxidation sites excluding steroid dienone is 2. The first-order valence-electron chi connectivity index (χ1n) is 6.10. The zero-order chi connectivity index (χ0) is 13.2. The van der Waals surface area contributed by atoms with E-state index in [-0.39, 0.29) is 5.82 Å². The number of fused-ring (bicyclic) bond motifs is 1. The van der Waals surface area contributed by atoms with Gasteiger partial charge < -0.3 is 0 Å². The molecule has 0 bridgehead atoms. The van der Waals surface area contributed by atoms with Crippen molar-refractivity contribution in [2.45, 2.75) is 4.90 Å². The minimum absolute atomic E-state index is 0.186. The van der Waals surface area contributed by atoms with Gasteiger partial charge in [0.05, 0.1) is 0 Å². The van der Waals surface area contributed by atoms with Crippen LogP contribution in [0.4, 0.5) is 4.39 Å². The lowest BCUT2D eigenvalue weighted by molar-refractivity contribution is 0.627. The molecule has 0 heterocycles. The summed E-state index contributed by atoms with van der Waals surface area (Å²) in [5, 5.41) is 0. The summed E-state index contributed by atoms with van der Waals surface area (Å²) in [6.07, 6.45) is 8.19. The van der Waals surface area contributed by atoms with Crippen molar-refractivity contribution in [3.05, 3.63) is 71.0 Å². The first-order valence-corrected chi connectivity index (χ1v) is 7.32. The van der Waals surface area contributed by atoms with Crippen molar-refractivity contribution < 1.29 is 4.39 Å². The van der Waals surface area contributed by atoms with Crippen molar-refractivity contribution in [2.24, 2.45) is 0 Å². The van der Waals surface area contributed by atoms with Crippen molar-refractivity contribution in [2.75, 3.05) is 6.26 Å². The van der Waals surface area contributed by atoms with Crippen LogP contribution in [-0.4, -0.2) is 6.26 Å². The lowest BCUT2D eigenvalue weighted by atomic mass is 10.0. The van der Waals surface area contributed by atoms with Crippen LogP contribution in [0.2, 0.25) is 0 Å². The van der Waals surface area contributed by atoms with Crippen molar-refractivity contribution >= 4 is 29.5 Å². The van der Waals surface area contributed by atoms with Crippen LogP contribution in [0, 0.1) is 5.82 Å². The summed E-state index contributed by atoms with van der Waals surface area (Å²) >= 11 is 1.73. The largest absolute Gasteiger partial charge is 0.207 e. The molecule has 2 aromatic carbocycles. The Morgan fingerprint density at radius 3 is 2.53 bits per heavy atom. The number of benzene rings is 2. The van der Waals surface area contributed by atoms with Gasteiger partial charge in [-0.1, -0.05) is 30.4 Å². The van der Waals surface area contributed by atoms with Gasteiger partial charge in [0.2, 0.25) is 0 Å². The molecule has 0 atom stereocenters. The smallest absolute Gasteiger partial charge is 0.123 e. The summed E-state index contributed by atoms with van der Waals surface area (Å²) in [4.78, 5) is 1.26. The molecule has 2 aromatic rings. The van der Waals surface area contributed by atoms with Crippen LogP contribution >= 0.6 is 11.8 Å². The number of hydrogen-bond donors (Lipinski definition) is 0. The van der Waals surface area contributed by atoms with E-state index in [0.29, 0.717) is 0 Å². The molecule has 0 amide bonds. The third-order valence-corrected chi connectivity index (χ3v) is 3.95. The van der Waals surface area contributed by atoms with Gasteiger partial charge in [0.15, 0.2) is 0 Å². The Kier molecular flexibility index (Phi) is 3.26. The Morgan fingerprint density at radius 2 is 1.79 bits per heavy atom. The maximum absolute atomic E-state index is 13.1. The van der Waals surface area contributed by atoms with E-state index in [2.05, 4.69) is 36.6 Å². The fourth-order valence-corrected chi connectivity index (χ4v) is 2.62. The van der Waals surface area contributed by atoms with Crippen molar-refractivity contribution in [3.8, 4) is 0 Å². The summed E-state index contributed by atoms with van der Waals surface area (Å²) in [5.74, 6) is -0.186. The van der Waals surface area contributed by atoms with Gasteiger partial charge in [0.1, 0.15) is 5.82 Å². The summed E-state index contributed by atoms with van der Waals surface area (Å²) in [6, 6.07) is 13.4. The van der Waals surface area contributed by atoms with E-state index >= 15 is 0 Å². The third-order valence-electron chi connectivity index (χ3n) is 3.21. The molecule has 0 saturated heterocycles. The molecule has 94 valence electrons. The lowest BCUT2D eigenvalue weighted by Gasteiger charge is -2.02. The molecule has 0 spiro atoms. The van der Waals surface area contributed by atoms with E-state index in [1.165, 1.54) is 11.0 Å². The molecule has 0 unspecified atom stereocenters. The monoisotopic (exact) mass is 268 g/mol. The Morgan fingerprint density at radius 1 is 1.00 bits per heavy atom. The molecule has 2 heteroatoms. The number of hydrogen-bond acceptors (Lipinski definition) is 1. The van der Waals surface area contributed by atoms with Crippen LogP contribution in [0.3, 0.4) is 0 Å². The fraction of sp³-hybridized carbons (Fsp3) is 0.0588. The lowest BCUT2D eigenvalue weighted by Crippen LogP contribution is -1.83. The summed E-state index contributed by atoms with van der Waals surface area (Å²) in [5.41, 5.74) is 4.34. The van der Waals surface area contributed by atoms with E-state index in [1.807, 2.05) is 18.2 Å². The molecule has 19 heavy (non-hydrogen) atoms. The predicted molar refractivity (Wildman–Crippen MR) is 81.5 cm³/mol. The maximum atomic E-state index is 13.1. The average Bonchev–Trinajstić information content (AvgIpc) is 2.82. The summed E-state index contributed by atoms with van der Waals surface area (Å²) < 4.78 is 13.1. The summed E-state index contributed by atoms with van der Waals surface area (Å²) in [6.45, 7) is 0. The Labute approximate surface area is 116 Å². The molecule has 3 rings (SSSR count). The zero-order valence-corrected chi connectivity index (χ0v) is 11.4. The molecule has 0 aromatic heterocycles. The van der Waals surface area contributed by atoms with Crippen LogP contribution in [0.5, 0.6) is 0 Å². The van der Waals surface area contributed by atoms with E-state index < -0.39 is 0 Å². The second-order valence-corrected chi connectivity index (χ2v) is 5.32. The van der Waals surface area contributed by atoms with Gasteiger partial charge >= 0.3 is 0 Å². The average molecular weight is 268 g/mol. The van der Waals surface area contributed by atoms with Gasteiger partial charge in [0, 0.05) is 4.90 Å². The van der Waals surface area contributed by atoms with E-state index in [4.69, 9.17) is 0 Å². The number of thioether (sulfide) groups is 1. The molecule has 0 nitrogen and oxygen atoms in total. The minimum Gasteiger partial charge on any atom is -0.207 e. The fourth-order valence-electron chi connectivity index (χ4n) is 2.21. The van der Waals surface area contributed by atoms with Gasteiger partial charge in [-0.2, -0.15) is 0 Å². The minimum atomic E-state index is -0.186. The molecule has 0 radical (unpaired) electrons. The molecule has 1 aliphatic rings. The molecular formula is C17H13FS. The van der Waals surface area contributed by atoms with Crippen LogP contribution in [0.15, 0.2) is 53.4 Å². The Bertz CT molecular complexity index is 666. The molecule has 0 aliphatic heterocycles. The maximum Gasteiger partial charge on any atom is 0.123 e. The van der Waals surface area contributed by atoms with Gasteiger partial charge in [-0.05, 0) is 58.9 Å². The van der Waals surface area contributed by atoms with E-state index in [9.17, 15) is 4.39 Å². The molecular weight excluding hydrogens is 255 g/mol. The summed E-state index contributed by atoms with van der Waals surface area (Å²) in [7, 11) is 0. The second-order valence-electron chi connectivity index (χ2n) is 4.44. The first-order chi connectivity index (χ1) is 9.26. The van der Waals surface area contributed by atoms with Crippen LogP contribution in [0.25, 0.3) is 17.7 Å². The Balaban J connectivity index is 1.96. The standard InChI is InChI=1S/C17H13FS/c1-19-16-7-2-12(3-8-16)10-13-4-5-14-11-15(18)6-9-17(13)14/h2-11H,1H3. The predicted octanol–water partition coefficient (Wildman–Crippen LogP) is 5.12. The van der Waals surface area contributed by atoms with E-state index in [0.717, 1.165) is 22.3 Å². The highest BCUT2D eigenvalue weighted by molar-refractivity contribution is 7.98. The van der Waals surface area contributed by atoms with Gasteiger partial charge in [0.25, 0.3) is 0 Å². The Hall–Kier alpha value is -1.80. The molecule has 1 aliphatic carbocycles. The SMILES string of the molecule is CSc1ccc(C=C2C=Cc3cc(F)ccc32)cc1. The van der Waals surface area contributed by atoms with Gasteiger partial charge in [-0.25, -0.2) is 4.39 Å². The quantitative estimate of drug-likeness (QED) is 0.682. The highest BCUT2D eigenvalue weighted by Crippen LogP contribution is 2.31. The second kappa shape index (κ2) is 5.06. The van der Waals surface area contributed by atoms with Crippen LogP contribution < -0.4 is 0 Å². The van der Waals surface area contributed by atoms with Gasteiger partial charge in [-0.15, -0.1) is 11.8 Å². The van der Waals surface area contributed by atoms with Crippen LogP contribution in [0.1, 0.15) is 16.7 Å². The number of halogens is 1. The molecule has 0 saturated carbocycles. The third kappa shape index (κ3) is 2.49. The van der Waals surface area contributed by atoms with Crippen molar-refractivity contribution in [1.82, 2.24) is 0 Å². The van der Waals surface area contributed by atoms with Crippen molar-refractivity contribution in [3.63, 3.8) is 0 Å². The van der Waals surface area contributed by atoms with Crippen molar-refractivity contribution in [1.29, 1.82) is 0 Å². The van der Waals surface area contributed by atoms with Crippen LogP contribution in [-0.2, 0) is 0 Å². The topological polar surface area (TPSA) is 0 Å². The zero-order valence-electron chi connectivity index (χ0n) is 10.6. The van der Waals surface area contributed by atoms with E-state index in [1.54, 1.807) is 17.8 Å². The van der Waals surface area contributed by atoms with Gasteiger partial charge in [-0.3, -0.25) is 0 Å². The first kappa shape index (κ1) is 12.2.